The van der Waals surface area contributed by atoms with Crippen LogP contribution in [0, 0.1) is 6.92 Å². The van der Waals surface area contributed by atoms with Crippen molar-refractivity contribution in [1.29, 1.82) is 0 Å². The molecule has 4 aromatic rings. The van der Waals surface area contributed by atoms with Gasteiger partial charge in [-0.3, -0.25) is 16.2 Å². The van der Waals surface area contributed by atoms with E-state index in [1.807, 2.05) is 49.4 Å². The average Bonchev–Trinajstić information content (AvgIpc) is 3.21. The Hall–Kier alpha value is -3.10. The van der Waals surface area contributed by atoms with E-state index >= 15 is 0 Å². The maximum absolute atomic E-state index is 12.1. The molecule has 27 heavy (non-hydrogen) atoms. The van der Waals surface area contributed by atoms with Crippen LogP contribution in [0.2, 0.25) is 5.02 Å². The number of hydrogen-bond acceptors (Lipinski definition) is 5. The van der Waals surface area contributed by atoms with E-state index in [1.54, 1.807) is 16.6 Å². The number of fused-ring (bicyclic) bond motifs is 1. The lowest BCUT2D eigenvalue weighted by molar-refractivity contribution is 0.254. The zero-order chi connectivity index (χ0) is 18.8. The molecule has 136 valence electrons. The van der Waals surface area contributed by atoms with E-state index in [-0.39, 0.29) is 6.03 Å². The van der Waals surface area contributed by atoms with Gasteiger partial charge in [0.25, 0.3) is 0 Å². The first-order valence-electron chi connectivity index (χ1n) is 8.10. The Morgan fingerprint density at radius 1 is 1.11 bits per heavy atom. The zero-order valence-electron chi connectivity index (χ0n) is 14.2. The Morgan fingerprint density at radius 3 is 2.56 bits per heavy atom. The topological polar surface area (TPSA) is 83.4 Å². The smallest absolute Gasteiger partial charge is 0.297 e. The van der Waals surface area contributed by atoms with Crippen LogP contribution < -0.4 is 16.2 Å². The number of hydrazine groups is 1. The highest BCUT2D eigenvalue weighted by Gasteiger charge is 2.16. The van der Waals surface area contributed by atoms with Crippen LogP contribution in [0.1, 0.15) is 5.69 Å². The number of halogens is 1. The average molecular weight is 399 g/mol. The molecule has 2 aromatic heterocycles. The van der Waals surface area contributed by atoms with Crippen molar-refractivity contribution in [2.75, 3.05) is 10.7 Å². The lowest BCUT2D eigenvalue weighted by Crippen LogP contribution is -2.33. The minimum absolute atomic E-state index is 0.371. The zero-order valence-corrected chi connectivity index (χ0v) is 15.8. The van der Waals surface area contributed by atoms with E-state index in [0.29, 0.717) is 20.8 Å². The fourth-order valence-corrected chi connectivity index (χ4v) is 3.55. The third-order valence-corrected chi connectivity index (χ3v) is 5.14. The summed E-state index contributed by atoms with van der Waals surface area (Å²) in [6, 6.07) is 16.4. The number of urea groups is 1. The number of aryl methyl sites for hydroxylation is 1. The molecule has 0 aliphatic heterocycles. The van der Waals surface area contributed by atoms with Crippen molar-refractivity contribution in [3.8, 4) is 11.4 Å². The van der Waals surface area contributed by atoms with Gasteiger partial charge >= 0.3 is 6.03 Å². The van der Waals surface area contributed by atoms with Gasteiger partial charge in [-0.25, -0.2) is 9.31 Å². The van der Waals surface area contributed by atoms with Gasteiger partial charge in [0.1, 0.15) is 5.00 Å². The van der Waals surface area contributed by atoms with Crippen LogP contribution in [0.4, 0.5) is 15.5 Å². The second kappa shape index (κ2) is 7.26. The molecule has 0 spiro atoms. The fourth-order valence-electron chi connectivity index (χ4n) is 2.47. The van der Waals surface area contributed by atoms with Gasteiger partial charge in [-0.2, -0.15) is 4.98 Å². The van der Waals surface area contributed by atoms with Gasteiger partial charge in [-0.15, -0.1) is 5.10 Å². The summed E-state index contributed by atoms with van der Waals surface area (Å²) < 4.78 is 1.72. The standard InChI is InChI=1S/C18H15ClN6OS/c1-11-16(21-17(26)23-22-14-5-3-2-4-6-14)27-18-20-15(24-25(11)18)12-7-9-13(19)10-8-12/h2-10,22H,1H3,(H2,21,23,26). The summed E-state index contributed by atoms with van der Waals surface area (Å²) in [6.07, 6.45) is 0. The maximum atomic E-state index is 12.1. The molecule has 0 bridgehead atoms. The molecule has 2 heterocycles. The molecule has 0 aliphatic carbocycles. The van der Waals surface area contributed by atoms with E-state index in [9.17, 15) is 4.79 Å². The van der Waals surface area contributed by atoms with E-state index in [0.717, 1.165) is 16.9 Å². The predicted octanol–water partition coefficient (Wildman–Crippen LogP) is 4.57. The van der Waals surface area contributed by atoms with Crippen LogP contribution in [-0.2, 0) is 0 Å². The SMILES string of the molecule is Cc1c(NC(=O)NNc2ccccc2)sc2nc(-c3ccc(Cl)cc3)nn12. The van der Waals surface area contributed by atoms with Crippen LogP contribution in [0.5, 0.6) is 0 Å². The molecule has 2 amide bonds. The van der Waals surface area contributed by atoms with Crippen LogP contribution in [-0.4, -0.2) is 20.6 Å². The largest absolute Gasteiger partial charge is 0.338 e. The molecule has 9 heteroatoms. The van der Waals surface area contributed by atoms with Crippen molar-refractivity contribution in [3.05, 3.63) is 65.3 Å². The van der Waals surface area contributed by atoms with Crippen molar-refractivity contribution in [2.45, 2.75) is 6.92 Å². The van der Waals surface area contributed by atoms with Crippen LogP contribution in [0.15, 0.2) is 54.6 Å². The summed E-state index contributed by atoms with van der Waals surface area (Å²) >= 11 is 7.28. The Morgan fingerprint density at radius 2 is 1.85 bits per heavy atom. The highest BCUT2D eigenvalue weighted by Crippen LogP contribution is 2.29. The van der Waals surface area contributed by atoms with Gasteiger partial charge < -0.3 is 0 Å². The number of amides is 2. The molecule has 0 fully saturated rings. The second-order valence-corrected chi connectivity index (χ2v) is 7.14. The number of thiazole rings is 1. The quantitative estimate of drug-likeness (QED) is 0.440. The number of nitrogens with one attached hydrogen (secondary N) is 3. The van der Waals surface area contributed by atoms with E-state index in [4.69, 9.17) is 11.6 Å². The molecular formula is C18H15ClN6OS. The fraction of sp³-hybridized carbons (Fsp3) is 0.0556. The molecule has 0 radical (unpaired) electrons. The molecule has 0 aliphatic rings. The van der Waals surface area contributed by atoms with Gasteiger partial charge in [0.2, 0.25) is 4.96 Å². The molecule has 0 saturated carbocycles. The summed E-state index contributed by atoms with van der Waals surface area (Å²) in [4.78, 5) is 17.3. The number of anilines is 2. The Bertz CT molecular complexity index is 1090. The molecular weight excluding hydrogens is 384 g/mol. The summed E-state index contributed by atoms with van der Waals surface area (Å²) in [7, 11) is 0. The van der Waals surface area contributed by atoms with E-state index < -0.39 is 0 Å². The number of aromatic nitrogens is 3. The number of nitrogens with zero attached hydrogens (tertiary/aromatic N) is 3. The first kappa shape index (κ1) is 17.3. The third kappa shape index (κ3) is 3.71. The van der Waals surface area contributed by atoms with Gasteiger partial charge in [-0.05, 0) is 43.3 Å². The molecule has 0 unspecified atom stereocenters. The summed E-state index contributed by atoms with van der Waals surface area (Å²) in [5, 5.41) is 8.67. The summed E-state index contributed by atoms with van der Waals surface area (Å²) in [6.45, 7) is 1.88. The molecule has 2 aromatic carbocycles. The lowest BCUT2D eigenvalue weighted by atomic mass is 10.2. The van der Waals surface area contributed by atoms with E-state index in [2.05, 4.69) is 26.3 Å². The number of hydrogen-bond donors (Lipinski definition) is 3. The van der Waals surface area contributed by atoms with Crippen molar-refractivity contribution in [2.24, 2.45) is 0 Å². The summed E-state index contributed by atoms with van der Waals surface area (Å²) in [5.74, 6) is 0.614. The van der Waals surface area contributed by atoms with Gasteiger partial charge in [0, 0.05) is 10.6 Å². The highest BCUT2D eigenvalue weighted by atomic mass is 35.5. The first-order valence-corrected chi connectivity index (χ1v) is 9.30. The third-order valence-electron chi connectivity index (χ3n) is 3.84. The van der Waals surface area contributed by atoms with Crippen molar-refractivity contribution < 1.29 is 4.79 Å². The van der Waals surface area contributed by atoms with Crippen LogP contribution in [0.3, 0.4) is 0 Å². The molecule has 0 atom stereocenters. The van der Waals surface area contributed by atoms with Gasteiger partial charge in [0.05, 0.1) is 11.4 Å². The number of rotatable bonds is 4. The van der Waals surface area contributed by atoms with Gasteiger partial charge in [0.15, 0.2) is 5.82 Å². The van der Waals surface area contributed by atoms with Gasteiger partial charge in [-0.1, -0.05) is 41.1 Å². The first-order chi connectivity index (χ1) is 13.1. The Kier molecular flexibility index (Phi) is 4.66. The van der Waals surface area contributed by atoms with Crippen LogP contribution >= 0.6 is 22.9 Å². The predicted molar refractivity (Wildman–Crippen MR) is 108 cm³/mol. The van der Waals surface area contributed by atoms with Crippen molar-refractivity contribution in [1.82, 2.24) is 20.0 Å². The minimum atomic E-state index is -0.371. The van der Waals surface area contributed by atoms with Crippen molar-refractivity contribution in [3.63, 3.8) is 0 Å². The monoisotopic (exact) mass is 398 g/mol. The molecule has 4 rings (SSSR count). The lowest BCUT2D eigenvalue weighted by Gasteiger charge is -2.09. The second-order valence-electron chi connectivity index (χ2n) is 5.72. The molecule has 0 saturated heterocycles. The normalized spacial score (nSPS) is 10.7. The number of carbonyl (C=O) groups is 1. The van der Waals surface area contributed by atoms with Crippen molar-refractivity contribution >= 4 is 44.6 Å². The maximum Gasteiger partial charge on any atom is 0.338 e. The number of benzene rings is 2. The summed E-state index contributed by atoms with van der Waals surface area (Å²) in [5.41, 5.74) is 7.92. The van der Waals surface area contributed by atoms with E-state index in [1.165, 1.54) is 11.3 Å². The number of carbonyl (C=O) groups excluding carboxylic acids is 1. The molecule has 7 nitrogen and oxygen atoms in total. The minimum Gasteiger partial charge on any atom is -0.297 e. The Labute approximate surface area is 164 Å². The Balaban J connectivity index is 1.48. The molecule has 3 N–H and O–H groups in total. The van der Waals surface area contributed by atoms with Crippen LogP contribution in [0.25, 0.3) is 16.3 Å². The highest BCUT2D eigenvalue weighted by molar-refractivity contribution is 7.21. The number of para-hydroxylation sites is 1.